The second-order valence-corrected chi connectivity index (χ2v) is 19.2. The lowest BCUT2D eigenvalue weighted by molar-refractivity contribution is -0.436. The molecule has 51 heavy (non-hydrogen) atoms. The number of Topliss-reactive ketones (excluding diaryl/α,β-unsaturated/α-hetero) is 1. The van der Waals surface area contributed by atoms with E-state index in [1.54, 1.807) is 6.92 Å². The van der Waals surface area contributed by atoms with Gasteiger partial charge in [-0.1, -0.05) is 50.3 Å². The second-order valence-electron chi connectivity index (χ2n) is 13.8. The maximum atomic E-state index is 12.3. The van der Waals surface area contributed by atoms with E-state index in [1.807, 2.05) is 24.3 Å². The van der Waals surface area contributed by atoms with Crippen molar-refractivity contribution in [3.63, 3.8) is 0 Å². The molecule has 0 radical (unpaired) electrons. The number of hydrogen-bond donors (Lipinski definition) is 1. The smallest absolute Gasteiger partial charge is 0.299 e. The average Bonchev–Trinajstić information content (AvgIpc) is 3.76. The second kappa shape index (κ2) is 14.1. The van der Waals surface area contributed by atoms with Gasteiger partial charge in [-0.2, -0.15) is 13.0 Å². The highest BCUT2D eigenvalue weighted by atomic mass is 79.9. The van der Waals surface area contributed by atoms with E-state index in [-0.39, 0.29) is 23.4 Å². The zero-order chi connectivity index (χ0) is 37.0. The average molecular weight is 876 g/mol. The molecule has 4 aromatic rings. The van der Waals surface area contributed by atoms with Crippen LogP contribution in [0.25, 0.3) is 20.2 Å². The highest BCUT2D eigenvalue weighted by Crippen LogP contribution is 2.55. The van der Waals surface area contributed by atoms with Crippen LogP contribution in [0.4, 0.5) is 11.4 Å². The fourth-order valence-electron chi connectivity index (χ4n) is 7.33. The number of ether oxygens (including phenoxy) is 1. The molecule has 0 spiro atoms. The molecule has 2 aromatic heterocycles. The van der Waals surface area contributed by atoms with Crippen LogP contribution in [-0.4, -0.2) is 54.4 Å². The Morgan fingerprint density at radius 3 is 2.31 bits per heavy atom. The Morgan fingerprint density at radius 2 is 1.67 bits per heavy atom. The third-order valence-corrected chi connectivity index (χ3v) is 14.6. The van der Waals surface area contributed by atoms with Crippen molar-refractivity contribution >= 4 is 114 Å². The number of nitrogens with zero attached hydrogens (tertiary/aromatic N) is 2. The molecule has 0 saturated carbocycles. The molecule has 2 aliphatic rings. The van der Waals surface area contributed by atoms with E-state index < -0.39 is 15.5 Å². The van der Waals surface area contributed by atoms with Gasteiger partial charge >= 0.3 is 0 Å². The molecule has 1 N–H and O–H groups in total. The van der Waals surface area contributed by atoms with E-state index in [0.29, 0.717) is 18.1 Å². The van der Waals surface area contributed by atoms with Crippen LogP contribution < -0.4 is 9.64 Å². The zero-order valence-corrected chi connectivity index (χ0v) is 34.8. The van der Waals surface area contributed by atoms with Crippen molar-refractivity contribution in [3.05, 3.63) is 85.3 Å². The summed E-state index contributed by atoms with van der Waals surface area (Å²) in [4.78, 5) is 26.4. The SMILES string of the molecule is CCC[N+]1=C(C=CC=CC=C2N(CCCS(=O)(=O)O)c3c(cc(Br)c4sc(OC=O)cc34)C2(C)C)C(C)(C)c2cc(Br)c3sc(C(C)=O)cc3c21. The summed E-state index contributed by atoms with van der Waals surface area (Å²) in [5.74, 6) is -0.294. The molecule has 8 nitrogen and oxygen atoms in total. The van der Waals surface area contributed by atoms with E-state index >= 15 is 0 Å². The van der Waals surface area contributed by atoms with Crippen molar-refractivity contribution < 1.29 is 31.9 Å². The van der Waals surface area contributed by atoms with Crippen molar-refractivity contribution in [2.75, 3.05) is 23.7 Å². The number of halogens is 2. The fourth-order valence-corrected chi connectivity index (χ4v) is 11.0. The number of rotatable bonds is 12. The Balaban J connectivity index is 1.39. The minimum absolute atomic E-state index is 0.0640. The molecule has 2 aromatic carbocycles. The first kappa shape index (κ1) is 37.8. The topological polar surface area (TPSA) is 104 Å². The molecule has 0 amide bonds. The largest absolute Gasteiger partial charge is 0.418 e. The van der Waals surface area contributed by atoms with Crippen LogP contribution in [-0.2, 0) is 25.7 Å². The summed E-state index contributed by atoms with van der Waals surface area (Å²) in [5.41, 5.74) is 5.76. The van der Waals surface area contributed by atoms with E-state index in [2.05, 4.69) is 106 Å². The molecule has 13 heteroatoms. The number of anilines is 1. The van der Waals surface area contributed by atoms with Crippen molar-refractivity contribution in [2.45, 2.75) is 65.2 Å². The number of hydrogen-bond acceptors (Lipinski definition) is 8. The van der Waals surface area contributed by atoms with Gasteiger partial charge in [0.05, 0.1) is 36.5 Å². The van der Waals surface area contributed by atoms with Crippen LogP contribution in [0.2, 0.25) is 0 Å². The van der Waals surface area contributed by atoms with Crippen LogP contribution in [0.5, 0.6) is 5.06 Å². The van der Waals surface area contributed by atoms with Crippen LogP contribution in [0.1, 0.15) is 75.2 Å². The van der Waals surface area contributed by atoms with Gasteiger partial charge in [0.1, 0.15) is 6.54 Å². The third-order valence-electron chi connectivity index (χ3n) is 9.66. The van der Waals surface area contributed by atoms with Crippen molar-refractivity contribution in [3.8, 4) is 5.06 Å². The first-order valence-electron chi connectivity index (χ1n) is 16.6. The van der Waals surface area contributed by atoms with Crippen molar-refractivity contribution in [1.82, 2.24) is 0 Å². The monoisotopic (exact) mass is 873 g/mol. The van der Waals surface area contributed by atoms with Gasteiger partial charge in [0.25, 0.3) is 16.6 Å². The first-order valence-corrected chi connectivity index (χ1v) is 21.4. The summed E-state index contributed by atoms with van der Waals surface area (Å²) in [6, 6.07) is 8.16. The molecule has 0 atom stereocenters. The van der Waals surface area contributed by atoms with Crippen LogP contribution in [0.3, 0.4) is 0 Å². The van der Waals surface area contributed by atoms with Crippen LogP contribution >= 0.6 is 54.5 Å². The Kier molecular flexibility index (Phi) is 10.5. The minimum Gasteiger partial charge on any atom is -0.418 e. The molecule has 268 valence electrons. The summed E-state index contributed by atoms with van der Waals surface area (Å²) in [7, 11) is -4.14. The maximum Gasteiger partial charge on any atom is 0.299 e. The standard InChI is InChI=1S/C38H38Br2N2O6S3/c1-7-14-41-30(37(3,4)25-19-27(39)35-23(33(25)41)17-29(49-35)22(2)44)12-9-8-10-13-31-38(5,6)26-20-28(40)36-24(18-32(50-36)48-21-43)34(26)42(31)15-11-16-51(45,46)47/h8-10,12-13,17-21H,7,11,14-16H2,1-6H3/p+1. The predicted octanol–water partition coefficient (Wildman–Crippen LogP) is 10.2. The highest BCUT2D eigenvalue weighted by molar-refractivity contribution is 9.11. The Bertz CT molecular complexity index is 2350. The zero-order valence-electron chi connectivity index (χ0n) is 29.2. The van der Waals surface area contributed by atoms with Gasteiger partial charge in [-0.3, -0.25) is 14.1 Å². The van der Waals surface area contributed by atoms with Gasteiger partial charge in [0.15, 0.2) is 16.6 Å². The highest BCUT2D eigenvalue weighted by Gasteiger charge is 2.46. The van der Waals surface area contributed by atoms with Gasteiger partial charge < -0.3 is 9.64 Å². The number of fused-ring (bicyclic) bond motifs is 6. The number of ketones is 1. The molecule has 0 aliphatic carbocycles. The summed E-state index contributed by atoms with van der Waals surface area (Å²) in [6.45, 7) is 14.1. The molecule has 6 rings (SSSR count). The maximum absolute atomic E-state index is 12.3. The molecule has 4 heterocycles. The van der Waals surface area contributed by atoms with E-state index in [0.717, 1.165) is 69.6 Å². The quantitative estimate of drug-likeness (QED) is 0.0497. The molecule has 2 aliphatic heterocycles. The summed E-state index contributed by atoms with van der Waals surface area (Å²) < 4.78 is 44.3. The van der Waals surface area contributed by atoms with Gasteiger partial charge in [0.2, 0.25) is 5.69 Å². The third kappa shape index (κ3) is 6.86. The first-order chi connectivity index (χ1) is 24.0. The number of thiophene rings is 2. The van der Waals surface area contributed by atoms with E-state index in [1.165, 1.54) is 33.9 Å². The molecule has 0 bridgehead atoms. The molecular formula is C38H39Br2N2O6S3+. The minimum atomic E-state index is -4.14. The molecule has 0 fully saturated rings. The Morgan fingerprint density at radius 1 is 0.980 bits per heavy atom. The van der Waals surface area contributed by atoms with Gasteiger partial charge in [-0.05, 0) is 88.9 Å². The van der Waals surface area contributed by atoms with Gasteiger partial charge in [-0.25, -0.2) is 0 Å². The van der Waals surface area contributed by atoms with Crippen molar-refractivity contribution in [2.24, 2.45) is 0 Å². The van der Waals surface area contributed by atoms with E-state index in [9.17, 15) is 22.6 Å². The molecule has 0 saturated heterocycles. The number of allylic oxidation sites excluding steroid dienone is 6. The molecular weight excluding hydrogens is 836 g/mol. The predicted molar refractivity (Wildman–Crippen MR) is 217 cm³/mol. The Labute approximate surface area is 323 Å². The lowest BCUT2D eigenvalue weighted by Crippen LogP contribution is -2.28. The van der Waals surface area contributed by atoms with Crippen LogP contribution in [0, 0.1) is 0 Å². The number of carbonyl (C=O) groups excluding carboxylic acids is 2. The summed E-state index contributed by atoms with van der Waals surface area (Å²) in [6.07, 6.45) is 11.5. The summed E-state index contributed by atoms with van der Waals surface area (Å²) in [5, 5.41) is 2.45. The van der Waals surface area contributed by atoms with Gasteiger partial charge in [-0.15, -0.1) is 11.3 Å². The lowest BCUT2D eigenvalue weighted by atomic mass is 9.81. The fraction of sp³-hybridized carbons (Fsp3) is 0.342. The lowest BCUT2D eigenvalue weighted by Gasteiger charge is -2.27. The number of carbonyl (C=O) groups is 2. The normalized spacial score (nSPS) is 17.5. The van der Waals surface area contributed by atoms with Crippen molar-refractivity contribution in [1.29, 1.82) is 0 Å². The van der Waals surface area contributed by atoms with E-state index in [4.69, 9.17) is 4.74 Å². The summed E-state index contributed by atoms with van der Waals surface area (Å²) >= 11 is 10.4. The molecule has 0 unspecified atom stereocenters. The van der Waals surface area contributed by atoms with Gasteiger partial charge in [0, 0.05) is 56.1 Å². The number of benzene rings is 2. The Hall–Kier alpha value is -2.94. The van der Waals surface area contributed by atoms with Crippen LogP contribution in [0.15, 0.2) is 69.3 Å².